The molecule has 0 fully saturated rings. The van der Waals surface area contributed by atoms with Crippen LogP contribution in [0.25, 0.3) is 0 Å². The summed E-state index contributed by atoms with van der Waals surface area (Å²) in [6.07, 6.45) is -0.963. The molecule has 1 atom stereocenters. The Balaban J connectivity index is 2.96. The Labute approximate surface area is 151 Å². The number of hydrogen-bond donors (Lipinski definition) is 1. The van der Waals surface area contributed by atoms with Crippen molar-refractivity contribution < 1.29 is 22.7 Å². The van der Waals surface area contributed by atoms with Gasteiger partial charge in [-0.1, -0.05) is 11.6 Å². The summed E-state index contributed by atoms with van der Waals surface area (Å²) in [4.78, 5) is 25.4. The van der Waals surface area contributed by atoms with Crippen molar-refractivity contribution in [3.63, 3.8) is 0 Å². The number of esters is 1. The third-order valence-corrected chi connectivity index (χ3v) is 5.05. The quantitative estimate of drug-likeness (QED) is 0.702. The number of nitrogens with zero attached hydrogens (tertiary/aromatic N) is 2. The number of nitriles is 1. The van der Waals surface area contributed by atoms with Crippen LogP contribution in [0.15, 0.2) is 23.1 Å². The van der Waals surface area contributed by atoms with Gasteiger partial charge in [-0.05, 0) is 32.2 Å². The Kier molecular flexibility index (Phi) is 7.36. The fourth-order valence-corrected chi connectivity index (χ4v) is 2.81. The minimum Gasteiger partial charge on any atom is -0.449 e. The van der Waals surface area contributed by atoms with Crippen LogP contribution in [0.1, 0.15) is 23.7 Å². The maximum atomic E-state index is 12.2. The van der Waals surface area contributed by atoms with E-state index < -0.39 is 28.0 Å². The maximum Gasteiger partial charge on any atom is 0.340 e. The summed E-state index contributed by atoms with van der Waals surface area (Å²) in [7, 11) is -1.04. The number of ether oxygens (including phenoxy) is 1. The Bertz CT molecular complexity index is 804. The Morgan fingerprint density at radius 1 is 1.44 bits per heavy atom. The van der Waals surface area contributed by atoms with Crippen LogP contribution >= 0.6 is 11.6 Å². The molecule has 0 aliphatic heterocycles. The van der Waals surface area contributed by atoms with Gasteiger partial charge >= 0.3 is 5.97 Å². The third-order valence-electron chi connectivity index (χ3n) is 3.30. The first-order valence-corrected chi connectivity index (χ1v) is 9.06. The molecular formula is C15H18ClN3O5S. The van der Waals surface area contributed by atoms with E-state index in [1.54, 1.807) is 0 Å². The molecule has 10 heteroatoms. The highest BCUT2D eigenvalue weighted by atomic mass is 35.5. The molecule has 1 rings (SSSR count). The number of benzene rings is 1. The molecule has 1 aromatic rings. The Morgan fingerprint density at radius 2 is 2.08 bits per heavy atom. The largest absolute Gasteiger partial charge is 0.449 e. The second-order valence-corrected chi connectivity index (χ2v) is 7.36. The van der Waals surface area contributed by atoms with Crippen LogP contribution in [-0.4, -0.2) is 51.9 Å². The van der Waals surface area contributed by atoms with Crippen LogP contribution < -0.4 is 4.72 Å². The number of carbonyl (C=O) groups excluding carboxylic acids is 2. The highest BCUT2D eigenvalue weighted by Gasteiger charge is 2.24. The molecule has 0 aliphatic carbocycles. The summed E-state index contributed by atoms with van der Waals surface area (Å²) in [6.45, 7) is 1.58. The van der Waals surface area contributed by atoms with Crippen LogP contribution in [0.4, 0.5) is 0 Å². The van der Waals surface area contributed by atoms with Crippen LogP contribution in [0.2, 0.25) is 5.02 Å². The molecule has 0 saturated heterocycles. The lowest BCUT2D eigenvalue weighted by Gasteiger charge is -2.20. The molecule has 0 aliphatic rings. The smallest absolute Gasteiger partial charge is 0.340 e. The van der Waals surface area contributed by atoms with E-state index in [4.69, 9.17) is 21.6 Å². The zero-order valence-corrected chi connectivity index (χ0v) is 15.5. The number of likely N-dealkylation sites (N-methyl/N-ethyl adjacent to an activating group) is 1. The van der Waals surface area contributed by atoms with E-state index in [9.17, 15) is 18.0 Å². The lowest BCUT2D eigenvalue weighted by atomic mass is 10.2. The Morgan fingerprint density at radius 3 is 2.64 bits per heavy atom. The van der Waals surface area contributed by atoms with Crippen molar-refractivity contribution >= 4 is 33.5 Å². The molecule has 0 aromatic heterocycles. The minimum absolute atomic E-state index is 0.00228. The zero-order chi connectivity index (χ0) is 19.2. The predicted molar refractivity (Wildman–Crippen MR) is 90.4 cm³/mol. The molecule has 1 N–H and O–H groups in total. The predicted octanol–water partition coefficient (Wildman–Crippen LogP) is 1.17. The fraction of sp³-hybridized carbons (Fsp3) is 0.400. The molecular weight excluding hydrogens is 370 g/mol. The van der Waals surface area contributed by atoms with Gasteiger partial charge < -0.3 is 9.64 Å². The molecule has 0 spiro atoms. The molecule has 25 heavy (non-hydrogen) atoms. The van der Waals surface area contributed by atoms with Gasteiger partial charge in [0, 0.05) is 13.6 Å². The van der Waals surface area contributed by atoms with E-state index in [2.05, 4.69) is 4.72 Å². The summed E-state index contributed by atoms with van der Waals surface area (Å²) >= 11 is 5.93. The monoisotopic (exact) mass is 387 g/mol. The lowest BCUT2D eigenvalue weighted by Crippen LogP contribution is -2.38. The van der Waals surface area contributed by atoms with Gasteiger partial charge in [0.25, 0.3) is 5.91 Å². The number of sulfonamides is 1. The summed E-state index contributed by atoms with van der Waals surface area (Å²) in [5, 5.41) is 8.53. The van der Waals surface area contributed by atoms with Crippen molar-refractivity contribution in [3.05, 3.63) is 28.8 Å². The molecule has 136 valence electrons. The normalized spacial score (nSPS) is 12.1. The average Bonchev–Trinajstić information content (AvgIpc) is 2.58. The van der Waals surface area contributed by atoms with Gasteiger partial charge in [-0.3, -0.25) is 4.79 Å². The van der Waals surface area contributed by atoms with Crippen molar-refractivity contribution in [2.24, 2.45) is 0 Å². The lowest BCUT2D eigenvalue weighted by molar-refractivity contribution is -0.138. The summed E-state index contributed by atoms with van der Waals surface area (Å²) in [5.74, 6) is -1.41. The van der Waals surface area contributed by atoms with Crippen molar-refractivity contribution in [1.29, 1.82) is 5.26 Å². The van der Waals surface area contributed by atoms with Gasteiger partial charge in [-0.2, -0.15) is 5.26 Å². The summed E-state index contributed by atoms with van der Waals surface area (Å²) in [5.41, 5.74) is -0.169. The SMILES string of the molecule is CNS(=O)(=O)c1ccc(Cl)c(C(=O)O[C@H](C)C(=O)N(C)CCC#N)c1. The van der Waals surface area contributed by atoms with Crippen molar-refractivity contribution in [3.8, 4) is 6.07 Å². The Hall–Kier alpha value is -2.15. The third kappa shape index (κ3) is 5.42. The second-order valence-electron chi connectivity index (χ2n) is 5.06. The number of carbonyl (C=O) groups is 2. The van der Waals surface area contributed by atoms with Crippen molar-refractivity contribution in [2.75, 3.05) is 20.6 Å². The number of halogens is 1. The number of amides is 1. The highest BCUT2D eigenvalue weighted by molar-refractivity contribution is 7.89. The fourth-order valence-electron chi connectivity index (χ4n) is 1.86. The summed E-state index contributed by atoms with van der Waals surface area (Å²) < 4.78 is 30.8. The van der Waals surface area contributed by atoms with Crippen LogP contribution in [0.3, 0.4) is 0 Å². The molecule has 0 radical (unpaired) electrons. The van der Waals surface area contributed by atoms with E-state index in [-0.39, 0.29) is 28.4 Å². The van der Waals surface area contributed by atoms with Crippen LogP contribution in [0.5, 0.6) is 0 Å². The molecule has 8 nitrogen and oxygen atoms in total. The maximum absolute atomic E-state index is 12.2. The minimum atomic E-state index is -3.76. The molecule has 0 unspecified atom stereocenters. The molecule has 0 saturated carbocycles. The highest BCUT2D eigenvalue weighted by Crippen LogP contribution is 2.22. The second kappa shape index (κ2) is 8.80. The first-order valence-electron chi connectivity index (χ1n) is 7.20. The van der Waals surface area contributed by atoms with Gasteiger partial charge in [-0.15, -0.1) is 0 Å². The zero-order valence-electron chi connectivity index (χ0n) is 13.9. The van der Waals surface area contributed by atoms with Crippen LogP contribution in [-0.2, 0) is 19.6 Å². The van der Waals surface area contributed by atoms with E-state index >= 15 is 0 Å². The number of hydrogen-bond acceptors (Lipinski definition) is 6. The van der Waals surface area contributed by atoms with E-state index in [0.717, 1.165) is 6.07 Å². The molecule has 0 bridgehead atoms. The molecule has 1 aromatic carbocycles. The van der Waals surface area contributed by atoms with Crippen LogP contribution in [0, 0.1) is 11.3 Å². The molecule has 0 heterocycles. The van der Waals surface area contributed by atoms with E-state index in [0.29, 0.717) is 0 Å². The topological polar surface area (TPSA) is 117 Å². The van der Waals surface area contributed by atoms with E-state index in [1.165, 1.54) is 38.1 Å². The van der Waals surface area contributed by atoms with Gasteiger partial charge in [0.15, 0.2) is 6.10 Å². The molecule has 1 amide bonds. The standard InChI is InChI=1S/C15H18ClN3O5S/c1-10(14(20)19(3)8-4-7-17)24-15(21)12-9-11(5-6-13(12)16)25(22,23)18-2/h5-6,9-10,18H,4,8H2,1-3H3/t10-/m1/s1. The number of rotatable bonds is 7. The number of nitrogens with one attached hydrogen (secondary N) is 1. The van der Waals surface area contributed by atoms with E-state index in [1.807, 2.05) is 6.07 Å². The van der Waals surface area contributed by atoms with Crippen molar-refractivity contribution in [2.45, 2.75) is 24.3 Å². The van der Waals surface area contributed by atoms with Gasteiger partial charge in [0.2, 0.25) is 10.0 Å². The van der Waals surface area contributed by atoms with Gasteiger partial charge in [-0.25, -0.2) is 17.9 Å². The van der Waals surface area contributed by atoms with Gasteiger partial charge in [0.1, 0.15) is 0 Å². The first-order chi connectivity index (χ1) is 11.6. The van der Waals surface area contributed by atoms with Crippen molar-refractivity contribution in [1.82, 2.24) is 9.62 Å². The summed E-state index contributed by atoms with van der Waals surface area (Å²) in [6, 6.07) is 5.49. The average molecular weight is 388 g/mol. The first kappa shape index (κ1) is 20.9. The van der Waals surface area contributed by atoms with Gasteiger partial charge in [0.05, 0.1) is 28.0 Å².